The molecule has 0 heterocycles. The molecule has 0 aliphatic rings. The van der Waals surface area contributed by atoms with Gasteiger partial charge < -0.3 is 0 Å². The van der Waals surface area contributed by atoms with Crippen LogP contribution in [0.5, 0.6) is 0 Å². The Labute approximate surface area is 222 Å². The van der Waals surface area contributed by atoms with E-state index in [1.165, 1.54) is 67.8 Å². The normalized spacial score (nSPS) is 9.53. The molecule has 0 saturated heterocycles. The van der Waals surface area contributed by atoms with Gasteiger partial charge in [-0.3, -0.25) is 0 Å². The van der Waals surface area contributed by atoms with Crippen molar-refractivity contribution < 1.29 is 17.4 Å². The predicted molar refractivity (Wildman–Crippen MR) is 149 cm³/mol. The molecule has 0 aliphatic carbocycles. The molecule has 3 aromatic rings. The van der Waals surface area contributed by atoms with Crippen LogP contribution in [0.4, 0.5) is 0 Å². The Kier molecular flexibility index (Phi) is 14.0. The minimum absolute atomic E-state index is 0. The van der Waals surface area contributed by atoms with E-state index in [-0.39, 0.29) is 17.4 Å². The van der Waals surface area contributed by atoms with Crippen LogP contribution in [-0.2, 0) is 17.4 Å². The second kappa shape index (κ2) is 14.9. The Morgan fingerprint density at radius 3 is 0.735 bits per heavy atom. The van der Waals surface area contributed by atoms with Gasteiger partial charge in [-0.2, -0.15) is 69.3 Å². The molecule has 0 fully saturated rings. The molecule has 0 unspecified atom stereocenters. The zero-order chi connectivity index (χ0) is 25.3. The molecule has 0 bridgehead atoms. The van der Waals surface area contributed by atoms with Crippen LogP contribution in [0.3, 0.4) is 0 Å². The number of hydrogen-bond donors (Lipinski definition) is 0. The largest absolute Gasteiger partial charge is 3.00 e. The van der Waals surface area contributed by atoms with Crippen molar-refractivity contribution in [2.24, 2.45) is 0 Å². The summed E-state index contributed by atoms with van der Waals surface area (Å²) < 4.78 is 0. The summed E-state index contributed by atoms with van der Waals surface area (Å²) in [5.74, 6) is 4.17. The zero-order valence-electron chi connectivity index (χ0n) is 23.6. The van der Waals surface area contributed by atoms with E-state index in [2.05, 4.69) is 138 Å². The summed E-state index contributed by atoms with van der Waals surface area (Å²) in [6.45, 7) is 25.8. The smallest absolute Gasteiger partial charge is 0.186 e. The Hall–Kier alpha value is -2.20. The predicted octanol–water partition coefficient (Wildman–Crippen LogP) is 9.79. The summed E-state index contributed by atoms with van der Waals surface area (Å²) >= 11 is 0. The summed E-state index contributed by atoms with van der Waals surface area (Å²) in [5.41, 5.74) is 12.3. The van der Waals surface area contributed by atoms with Crippen molar-refractivity contribution in [1.82, 2.24) is 0 Å². The number of hydrogen-bond acceptors (Lipinski definition) is 0. The number of benzene rings is 3. The summed E-state index contributed by atoms with van der Waals surface area (Å²) in [4.78, 5) is 0. The van der Waals surface area contributed by atoms with E-state index >= 15 is 0 Å². The molecule has 0 atom stereocenters. The molecule has 183 valence electrons. The Bertz CT molecular complexity index is 877. The Morgan fingerprint density at radius 1 is 0.382 bits per heavy atom. The third-order valence-corrected chi connectivity index (χ3v) is 5.76. The molecule has 1 radical (unpaired) electrons. The first-order chi connectivity index (χ1) is 15.3. The molecule has 0 aromatic heterocycles. The van der Waals surface area contributed by atoms with Crippen molar-refractivity contribution >= 4 is 0 Å². The maximum atomic E-state index is 2.22. The molecule has 3 rings (SSSR count). The zero-order valence-corrected chi connectivity index (χ0v) is 24.9. The molecule has 0 spiro atoms. The van der Waals surface area contributed by atoms with Crippen molar-refractivity contribution in [3.63, 3.8) is 0 Å². The minimum atomic E-state index is 0. The summed E-state index contributed by atoms with van der Waals surface area (Å²) in [7, 11) is 0. The van der Waals surface area contributed by atoms with Crippen molar-refractivity contribution in [2.45, 2.75) is 83.1 Å². The maximum Gasteiger partial charge on any atom is 3.00 e. The fraction of sp³-hybridized carbons (Fsp3) is 0.364. The number of rotatable bonds is 3. The van der Waals surface area contributed by atoms with E-state index in [0.29, 0.717) is 0 Å². The van der Waals surface area contributed by atoms with Crippen LogP contribution >= 0.6 is 0 Å². The van der Waals surface area contributed by atoms with Crippen LogP contribution in [-0.4, -0.2) is 0 Å². The summed E-state index contributed by atoms with van der Waals surface area (Å²) in [5, 5.41) is 0. The molecule has 0 nitrogen and oxygen atoms in total. The summed E-state index contributed by atoms with van der Waals surface area (Å²) in [6.07, 6.45) is 0. The van der Waals surface area contributed by atoms with Crippen LogP contribution < -0.4 is 0 Å². The third-order valence-electron chi connectivity index (χ3n) is 5.76. The molecule has 0 N–H and O–H groups in total. The van der Waals surface area contributed by atoms with Gasteiger partial charge in [0.05, 0.1) is 0 Å². The van der Waals surface area contributed by atoms with Gasteiger partial charge in [-0.25, -0.2) is 0 Å². The van der Waals surface area contributed by atoms with Crippen LogP contribution in [0.15, 0.2) is 54.6 Å². The van der Waals surface area contributed by atoms with Crippen LogP contribution in [0.2, 0.25) is 0 Å². The van der Waals surface area contributed by atoms with Crippen LogP contribution in [0.1, 0.15) is 91.6 Å². The van der Waals surface area contributed by atoms with Crippen LogP contribution in [0, 0.1) is 59.3 Å². The van der Waals surface area contributed by atoms with E-state index in [9.17, 15) is 0 Å². The van der Waals surface area contributed by atoms with Gasteiger partial charge in [0.1, 0.15) is 0 Å². The third kappa shape index (κ3) is 10.4. The molecule has 0 saturated carbocycles. The average molecular weight is 494 g/mol. The van der Waals surface area contributed by atoms with Crippen molar-refractivity contribution in [1.29, 1.82) is 0 Å². The average Bonchev–Trinajstić information content (AvgIpc) is 2.68. The van der Waals surface area contributed by atoms with Crippen molar-refractivity contribution in [2.75, 3.05) is 0 Å². The standard InChI is InChI=1S/3C11H15.Cr/c3*1-8(2)11-6-5-9(3)7-10(11)4;/h3*5-7H,1-4H3;/q3*-1;+3. The SMILES string of the molecule is Cc1ccc([C-](C)C)c(C)c1.Cc1ccc([C-](C)C)c(C)c1.Cc1ccc([C-](C)C)c(C)c1.[Cr+3]. The Balaban J connectivity index is 0.000000473. The van der Waals surface area contributed by atoms with Gasteiger partial charge in [0, 0.05) is 0 Å². The second-order valence-electron chi connectivity index (χ2n) is 9.96. The van der Waals surface area contributed by atoms with Gasteiger partial charge in [0.2, 0.25) is 0 Å². The fourth-order valence-corrected chi connectivity index (χ4v) is 4.12. The topological polar surface area (TPSA) is 0 Å². The fourth-order valence-electron chi connectivity index (χ4n) is 4.12. The quantitative estimate of drug-likeness (QED) is 0.319. The van der Waals surface area contributed by atoms with Crippen molar-refractivity contribution in [3.8, 4) is 0 Å². The van der Waals surface area contributed by atoms with Gasteiger partial charge >= 0.3 is 17.4 Å². The van der Waals surface area contributed by atoms with Crippen molar-refractivity contribution in [3.05, 3.63) is 122 Å². The molecular weight excluding hydrogens is 448 g/mol. The molecule has 3 aromatic carbocycles. The Morgan fingerprint density at radius 2 is 0.588 bits per heavy atom. The van der Waals surface area contributed by atoms with Gasteiger partial charge in [-0.05, 0) is 20.8 Å². The summed E-state index contributed by atoms with van der Waals surface area (Å²) in [6, 6.07) is 19.7. The number of aryl methyl sites for hydroxylation is 6. The van der Waals surface area contributed by atoms with Crippen LogP contribution in [0.25, 0.3) is 0 Å². The van der Waals surface area contributed by atoms with E-state index in [1.807, 2.05) is 0 Å². The van der Waals surface area contributed by atoms with E-state index in [0.717, 1.165) is 0 Å². The first-order valence-corrected chi connectivity index (χ1v) is 12.0. The molecule has 0 amide bonds. The van der Waals surface area contributed by atoms with E-state index in [4.69, 9.17) is 0 Å². The van der Waals surface area contributed by atoms with E-state index < -0.39 is 0 Å². The van der Waals surface area contributed by atoms with Gasteiger partial charge in [-0.15, -0.1) is 36.4 Å². The molecule has 0 aliphatic heterocycles. The second-order valence-corrected chi connectivity index (χ2v) is 9.96. The molecular formula is C33H45Cr. The van der Waals surface area contributed by atoms with Gasteiger partial charge in [0.25, 0.3) is 0 Å². The molecule has 1 heteroatoms. The van der Waals surface area contributed by atoms with Gasteiger partial charge in [-0.1, -0.05) is 79.0 Å². The van der Waals surface area contributed by atoms with Gasteiger partial charge in [0.15, 0.2) is 0 Å². The minimum Gasteiger partial charge on any atom is -0.186 e. The monoisotopic (exact) mass is 493 g/mol. The van der Waals surface area contributed by atoms with E-state index in [1.54, 1.807) is 0 Å². The first kappa shape index (κ1) is 31.8. The first-order valence-electron chi connectivity index (χ1n) is 12.0. The molecule has 34 heavy (non-hydrogen) atoms. The maximum absolute atomic E-state index is 2.22.